The molecule has 1 amide bonds. The zero-order chi connectivity index (χ0) is 10.4. The molecule has 1 rings (SSSR count). The molecule has 3 heteroatoms. The predicted molar refractivity (Wildman–Crippen MR) is 57.9 cm³/mol. The maximum atomic E-state index is 11.8. The van der Waals surface area contributed by atoms with Crippen LogP contribution in [0.1, 0.15) is 45.4 Å². The Morgan fingerprint density at radius 1 is 1.29 bits per heavy atom. The second-order valence-corrected chi connectivity index (χ2v) is 4.08. The van der Waals surface area contributed by atoms with Gasteiger partial charge in [-0.1, -0.05) is 25.7 Å². The Morgan fingerprint density at radius 3 is 2.64 bits per heavy atom. The van der Waals surface area contributed by atoms with Crippen LogP contribution in [0.4, 0.5) is 0 Å². The van der Waals surface area contributed by atoms with Crippen LogP contribution < -0.4 is 5.73 Å². The monoisotopic (exact) mass is 198 g/mol. The third kappa shape index (κ3) is 3.29. The van der Waals surface area contributed by atoms with Crippen LogP contribution in [0.5, 0.6) is 0 Å². The molecule has 1 atom stereocenters. The van der Waals surface area contributed by atoms with E-state index in [0.717, 1.165) is 32.4 Å². The first-order chi connectivity index (χ1) is 6.75. The number of carbonyl (C=O) groups excluding carboxylic acids is 1. The van der Waals surface area contributed by atoms with Crippen LogP contribution in [0.25, 0.3) is 0 Å². The molecule has 1 saturated heterocycles. The smallest absolute Gasteiger partial charge is 0.239 e. The average molecular weight is 198 g/mol. The van der Waals surface area contributed by atoms with E-state index in [1.54, 1.807) is 0 Å². The van der Waals surface area contributed by atoms with E-state index in [1.165, 1.54) is 19.3 Å². The maximum absolute atomic E-state index is 11.8. The van der Waals surface area contributed by atoms with Crippen LogP contribution in [-0.4, -0.2) is 29.9 Å². The quantitative estimate of drug-likeness (QED) is 0.694. The van der Waals surface area contributed by atoms with Crippen LogP contribution in [0.2, 0.25) is 0 Å². The Balaban J connectivity index is 2.51. The van der Waals surface area contributed by atoms with Crippen molar-refractivity contribution in [2.24, 2.45) is 5.73 Å². The largest absolute Gasteiger partial charge is 0.342 e. The van der Waals surface area contributed by atoms with Crippen molar-refractivity contribution in [3.63, 3.8) is 0 Å². The molecule has 0 bridgehead atoms. The number of hydrogen-bond donors (Lipinski definition) is 1. The van der Waals surface area contributed by atoms with Crippen LogP contribution in [0.15, 0.2) is 0 Å². The van der Waals surface area contributed by atoms with Crippen LogP contribution >= 0.6 is 0 Å². The Kier molecular flexibility index (Phi) is 4.94. The first kappa shape index (κ1) is 11.5. The Labute approximate surface area is 86.6 Å². The van der Waals surface area contributed by atoms with Crippen molar-refractivity contribution < 1.29 is 4.79 Å². The van der Waals surface area contributed by atoms with Gasteiger partial charge in [-0.15, -0.1) is 0 Å². The van der Waals surface area contributed by atoms with Crippen LogP contribution in [-0.2, 0) is 4.79 Å². The minimum absolute atomic E-state index is 0.148. The zero-order valence-electron chi connectivity index (χ0n) is 9.17. The van der Waals surface area contributed by atoms with E-state index in [0.29, 0.717) is 0 Å². The molecule has 2 N–H and O–H groups in total. The van der Waals surface area contributed by atoms with E-state index in [9.17, 15) is 4.79 Å². The molecule has 1 heterocycles. The van der Waals surface area contributed by atoms with Gasteiger partial charge in [0, 0.05) is 13.1 Å². The maximum Gasteiger partial charge on any atom is 0.239 e. The lowest BCUT2D eigenvalue weighted by Gasteiger charge is -2.25. The SMILES string of the molecule is CCN1CCCCCCCC(N)C1=O. The number of hydrogen-bond acceptors (Lipinski definition) is 2. The number of nitrogens with two attached hydrogens (primary N) is 1. The van der Waals surface area contributed by atoms with Crippen LogP contribution in [0.3, 0.4) is 0 Å². The number of amides is 1. The molecular weight excluding hydrogens is 176 g/mol. The summed E-state index contributed by atoms with van der Waals surface area (Å²) in [6.45, 7) is 3.71. The van der Waals surface area contributed by atoms with Gasteiger partial charge in [-0.3, -0.25) is 4.79 Å². The molecule has 1 aliphatic rings. The van der Waals surface area contributed by atoms with E-state index in [2.05, 4.69) is 0 Å². The van der Waals surface area contributed by atoms with Crippen molar-refractivity contribution in [2.45, 2.75) is 51.5 Å². The third-order valence-electron chi connectivity index (χ3n) is 2.95. The van der Waals surface area contributed by atoms with Crippen molar-refractivity contribution in [1.29, 1.82) is 0 Å². The first-order valence-electron chi connectivity index (χ1n) is 5.80. The van der Waals surface area contributed by atoms with Gasteiger partial charge < -0.3 is 10.6 Å². The van der Waals surface area contributed by atoms with Gasteiger partial charge in [0.15, 0.2) is 0 Å². The van der Waals surface area contributed by atoms with Crippen molar-refractivity contribution >= 4 is 5.91 Å². The molecule has 0 aliphatic carbocycles. The molecule has 0 aromatic carbocycles. The van der Waals surface area contributed by atoms with E-state index in [1.807, 2.05) is 11.8 Å². The minimum atomic E-state index is -0.256. The predicted octanol–water partition coefficient (Wildman–Crippen LogP) is 1.52. The van der Waals surface area contributed by atoms with E-state index in [-0.39, 0.29) is 11.9 Å². The fourth-order valence-corrected chi connectivity index (χ4v) is 1.98. The summed E-state index contributed by atoms with van der Waals surface area (Å²) < 4.78 is 0. The Bertz CT molecular complexity index is 182. The molecule has 14 heavy (non-hydrogen) atoms. The molecule has 0 radical (unpaired) electrons. The van der Waals surface area contributed by atoms with Gasteiger partial charge in [0.25, 0.3) is 0 Å². The highest BCUT2D eigenvalue weighted by Crippen LogP contribution is 2.11. The summed E-state index contributed by atoms with van der Waals surface area (Å²) in [4.78, 5) is 13.7. The second kappa shape index (κ2) is 6.02. The normalized spacial score (nSPS) is 26.3. The average Bonchev–Trinajstić information content (AvgIpc) is 2.20. The number of rotatable bonds is 1. The van der Waals surface area contributed by atoms with Crippen molar-refractivity contribution in [1.82, 2.24) is 4.90 Å². The van der Waals surface area contributed by atoms with Gasteiger partial charge in [-0.2, -0.15) is 0 Å². The molecular formula is C11H22N2O. The standard InChI is InChI=1S/C11H22N2O/c1-2-13-9-7-5-3-4-6-8-10(12)11(13)14/h10H,2-9,12H2,1H3. The lowest BCUT2D eigenvalue weighted by molar-refractivity contribution is -0.132. The molecule has 1 unspecified atom stereocenters. The Morgan fingerprint density at radius 2 is 1.93 bits per heavy atom. The lowest BCUT2D eigenvalue weighted by atomic mass is 10.0. The van der Waals surface area contributed by atoms with E-state index < -0.39 is 0 Å². The van der Waals surface area contributed by atoms with E-state index >= 15 is 0 Å². The first-order valence-corrected chi connectivity index (χ1v) is 5.80. The molecule has 0 aromatic heterocycles. The molecule has 0 saturated carbocycles. The topological polar surface area (TPSA) is 46.3 Å². The Hall–Kier alpha value is -0.570. The highest BCUT2D eigenvalue weighted by Gasteiger charge is 2.19. The highest BCUT2D eigenvalue weighted by atomic mass is 16.2. The molecule has 82 valence electrons. The molecule has 1 aliphatic heterocycles. The number of nitrogens with zero attached hydrogens (tertiary/aromatic N) is 1. The van der Waals surface area contributed by atoms with Gasteiger partial charge in [0.2, 0.25) is 5.91 Å². The van der Waals surface area contributed by atoms with Crippen LogP contribution in [0, 0.1) is 0 Å². The summed E-state index contributed by atoms with van der Waals surface area (Å²) in [6.07, 6.45) is 6.86. The van der Waals surface area contributed by atoms with Crippen molar-refractivity contribution in [2.75, 3.05) is 13.1 Å². The van der Waals surface area contributed by atoms with E-state index in [4.69, 9.17) is 5.73 Å². The summed E-state index contributed by atoms with van der Waals surface area (Å²) in [5, 5.41) is 0. The fourth-order valence-electron chi connectivity index (χ4n) is 1.98. The summed E-state index contributed by atoms with van der Waals surface area (Å²) in [5.41, 5.74) is 5.84. The zero-order valence-corrected chi connectivity index (χ0v) is 9.17. The summed E-state index contributed by atoms with van der Waals surface area (Å²) >= 11 is 0. The van der Waals surface area contributed by atoms with Crippen molar-refractivity contribution in [3.8, 4) is 0 Å². The number of likely N-dealkylation sites (N-methyl/N-ethyl adjacent to an activating group) is 1. The van der Waals surface area contributed by atoms with Gasteiger partial charge in [0.1, 0.15) is 0 Å². The molecule has 0 spiro atoms. The number of carbonyl (C=O) groups is 1. The van der Waals surface area contributed by atoms with Gasteiger partial charge in [-0.05, 0) is 19.8 Å². The summed E-state index contributed by atoms with van der Waals surface area (Å²) in [5.74, 6) is 0.148. The van der Waals surface area contributed by atoms with Crippen molar-refractivity contribution in [3.05, 3.63) is 0 Å². The van der Waals surface area contributed by atoms with Gasteiger partial charge in [-0.25, -0.2) is 0 Å². The highest BCUT2D eigenvalue weighted by molar-refractivity contribution is 5.81. The summed E-state index contributed by atoms with van der Waals surface area (Å²) in [6, 6.07) is -0.256. The van der Waals surface area contributed by atoms with Gasteiger partial charge in [0.05, 0.1) is 6.04 Å². The van der Waals surface area contributed by atoms with Gasteiger partial charge >= 0.3 is 0 Å². The lowest BCUT2D eigenvalue weighted by Crippen LogP contribution is -2.44. The minimum Gasteiger partial charge on any atom is -0.342 e. The molecule has 0 aromatic rings. The fraction of sp³-hybridized carbons (Fsp3) is 0.909. The third-order valence-corrected chi connectivity index (χ3v) is 2.95. The summed E-state index contributed by atoms with van der Waals surface area (Å²) in [7, 11) is 0. The molecule has 3 nitrogen and oxygen atoms in total. The second-order valence-electron chi connectivity index (χ2n) is 4.08. The molecule has 1 fully saturated rings.